The van der Waals surface area contributed by atoms with E-state index in [9.17, 15) is 9.59 Å². The van der Waals surface area contributed by atoms with Gasteiger partial charge in [-0.1, -0.05) is 29.8 Å². The van der Waals surface area contributed by atoms with E-state index in [1.165, 1.54) is 0 Å². The lowest BCUT2D eigenvalue weighted by Gasteiger charge is -2.08. The van der Waals surface area contributed by atoms with E-state index < -0.39 is 11.8 Å². The van der Waals surface area contributed by atoms with E-state index in [1.807, 2.05) is 13.0 Å². The summed E-state index contributed by atoms with van der Waals surface area (Å²) in [7, 11) is 0. The monoisotopic (exact) mass is 366 g/mol. The average molecular weight is 368 g/mol. The number of halogens is 2. The summed E-state index contributed by atoms with van der Waals surface area (Å²) >= 11 is 9.26. The summed E-state index contributed by atoms with van der Waals surface area (Å²) in [5, 5.41) is 5.55. The number of benzene rings is 2. The highest BCUT2D eigenvalue weighted by Crippen LogP contribution is 2.22. The molecule has 0 aliphatic heterocycles. The van der Waals surface area contributed by atoms with Crippen LogP contribution in [0.5, 0.6) is 0 Å². The third-order valence-corrected chi connectivity index (χ3v) is 3.86. The fourth-order valence-corrected chi connectivity index (χ4v) is 2.16. The summed E-state index contributed by atoms with van der Waals surface area (Å²) in [6.45, 7) is 1.85. The minimum Gasteiger partial charge on any atom is -0.318 e. The van der Waals surface area contributed by atoms with Gasteiger partial charge in [0.2, 0.25) is 0 Å². The van der Waals surface area contributed by atoms with Crippen molar-refractivity contribution in [2.45, 2.75) is 6.92 Å². The molecule has 0 aromatic heterocycles. The summed E-state index contributed by atoms with van der Waals surface area (Å²) in [6, 6.07) is 12.1. The molecule has 2 amide bonds. The topological polar surface area (TPSA) is 58.2 Å². The number of hydrogen-bond acceptors (Lipinski definition) is 2. The van der Waals surface area contributed by atoms with Crippen LogP contribution in [-0.4, -0.2) is 11.8 Å². The Balaban J connectivity index is 2.04. The van der Waals surface area contributed by atoms with Crippen molar-refractivity contribution >= 4 is 50.7 Å². The molecule has 2 aromatic rings. The fraction of sp³-hybridized carbons (Fsp3) is 0.0667. The second kappa shape index (κ2) is 6.74. The molecule has 0 heterocycles. The van der Waals surface area contributed by atoms with Gasteiger partial charge in [-0.25, -0.2) is 0 Å². The molecule has 0 saturated carbocycles. The largest absolute Gasteiger partial charge is 0.318 e. The molecule has 0 fully saturated rings. The third kappa shape index (κ3) is 4.06. The van der Waals surface area contributed by atoms with Gasteiger partial charge in [-0.15, -0.1) is 0 Å². The van der Waals surface area contributed by atoms with Gasteiger partial charge in [0, 0.05) is 15.2 Å². The highest BCUT2D eigenvalue weighted by Gasteiger charge is 2.15. The summed E-state index contributed by atoms with van der Waals surface area (Å²) in [5.41, 5.74) is 1.89. The van der Waals surface area contributed by atoms with Gasteiger partial charge in [-0.3, -0.25) is 9.59 Å². The number of carbonyl (C=O) groups is 2. The Morgan fingerprint density at radius 2 is 1.71 bits per heavy atom. The first-order valence-corrected chi connectivity index (χ1v) is 7.27. The molecule has 0 unspecified atom stereocenters. The first-order chi connectivity index (χ1) is 9.97. The van der Waals surface area contributed by atoms with Crippen molar-refractivity contribution in [3.05, 3.63) is 57.5 Å². The van der Waals surface area contributed by atoms with Crippen LogP contribution in [0.2, 0.25) is 5.02 Å². The van der Waals surface area contributed by atoms with E-state index in [-0.39, 0.29) is 0 Å². The fourth-order valence-electron chi connectivity index (χ4n) is 1.60. The Morgan fingerprint density at radius 1 is 1.05 bits per heavy atom. The molecule has 6 heteroatoms. The molecule has 0 spiro atoms. The summed E-state index contributed by atoms with van der Waals surface area (Å²) in [5.74, 6) is -1.51. The smallest absolute Gasteiger partial charge is 0.314 e. The van der Waals surface area contributed by atoms with Crippen molar-refractivity contribution < 1.29 is 9.59 Å². The van der Waals surface area contributed by atoms with E-state index in [4.69, 9.17) is 11.6 Å². The van der Waals surface area contributed by atoms with Gasteiger partial charge in [0.15, 0.2) is 0 Å². The minimum atomic E-state index is -0.759. The van der Waals surface area contributed by atoms with Crippen molar-refractivity contribution in [2.75, 3.05) is 10.6 Å². The molecule has 108 valence electrons. The number of anilines is 2. The average Bonchev–Trinajstić information content (AvgIpc) is 2.45. The maximum absolute atomic E-state index is 11.8. The van der Waals surface area contributed by atoms with E-state index >= 15 is 0 Å². The Morgan fingerprint density at radius 3 is 2.38 bits per heavy atom. The number of nitrogens with one attached hydrogen (secondary N) is 2. The first-order valence-electron chi connectivity index (χ1n) is 6.10. The highest BCUT2D eigenvalue weighted by atomic mass is 79.9. The van der Waals surface area contributed by atoms with E-state index in [0.29, 0.717) is 20.9 Å². The van der Waals surface area contributed by atoms with Crippen LogP contribution in [0.1, 0.15) is 5.56 Å². The molecule has 0 aliphatic rings. The standard InChI is InChI=1S/C15H12BrClN2O2/c1-9-6-7-10(8-12(9)17)18-14(20)15(21)19-13-5-3-2-4-11(13)16/h2-8H,1H3,(H,18,20)(H,19,21). The van der Waals surface area contributed by atoms with Gasteiger partial charge in [0.05, 0.1) is 5.69 Å². The quantitative estimate of drug-likeness (QED) is 0.789. The third-order valence-electron chi connectivity index (χ3n) is 2.76. The predicted molar refractivity (Wildman–Crippen MR) is 87.6 cm³/mol. The number of amides is 2. The molecule has 0 aliphatic carbocycles. The van der Waals surface area contributed by atoms with Gasteiger partial charge in [0.25, 0.3) is 0 Å². The molecule has 21 heavy (non-hydrogen) atoms. The normalized spacial score (nSPS) is 10.0. The van der Waals surface area contributed by atoms with Crippen molar-refractivity contribution in [1.82, 2.24) is 0 Å². The summed E-state index contributed by atoms with van der Waals surface area (Å²) in [6.07, 6.45) is 0. The predicted octanol–water partition coefficient (Wildman–Crippen LogP) is 3.99. The zero-order valence-corrected chi connectivity index (χ0v) is 13.5. The number of hydrogen-bond donors (Lipinski definition) is 2. The van der Waals surface area contributed by atoms with Crippen molar-refractivity contribution in [1.29, 1.82) is 0 Å². The van der Waals surface area contributed by atoms with Crippen LogP contribution >= 0.6 is 27.5 Å². The first kappa shape index (κ1) is 15.5. The molecule has 0 bridgehead atoms. The number of para-hydroxylation sites is 1. The SMILES string of the molecule is Cc1ccc(NC(=O)C(=O)Nc2ccccc2Br)cc1Cl. The molecule has 0 atom stereocenters. The van der Waals surface area contributed by atoms with Crippen LogP contribution in [0, 0.1) is 6.92 Å². The van der Waals surface area contributed by atoms with Crippen LogP contribution < -0.4 is 10.6 Å². The lowest BCUT2D eigenvalue weighted by Crippen LogP contribution is -2.29. The molecule has 0 saturated heterocycles. The van der Waals surface area contributed by atoms with Crippen LogP contribution in [0.25, 0.3) is 0 Å². The van der Waals surface area contributed by atoms with Crippen molar-refractivity contribution in [3.8, 4) is 0 Å². The van der Waals surface area contributed by atoms with Crippen LogP contribution in [0.15, 0.2) is 46.9 Å². The molecule has 4 nitrogen and oxygen atoms in total. The molecule has 2 aromatic carbocycles. The van der Waals surface area contributed by atoms with Gasteiger partial charge in [-0.05, 0) is 52.7 Å². The lowest BCUT2D eigenvalue weighted by atomic mass is 10.2. The van der Waals surface area contributed by atoms with Crippen molar-refractivity contribution in [3.63, 3.8) is 0 Å². The Kier molecular flexibility index (Phi) is 4.98. The van der Waals surface area contributed by atoms with Gasteiger partial charge >= 0.3 is 11.8 Å². The van der Waals surface area contributed by atoms with Gasteiger partial charge < -0.3 is 10.6 Å². The Labute approximate surface area is 135 Å². The molecular weight excluding hydrogens is 356 g/mol. The van der Waals surface area contributed by atoms with Crippen LogP contribution in [-0.2, 0) is 9.59 Å². The highest BCUT2D eigenvalue weighted by molar-refractivity contribution is 9.10. The summed E-state index contributed by atoms with van der Waals surface area (Å²) in [4.78, 5) is 23.7. The van der Waals surface area contributed by atoms with E-state index in [1.54, 1.807) is 36.4 Å². The second-order valence-electron chi connectivity index (χ2n) is 4.35. The Hall–Kier alpha value is -1.85. The van der Waals surface area contributed by atoms with Crippen LogP contribution in [0.3, 0.4) is 0 Å². The lowest BCUT2D eigenvalue weighted by molar-refractivity contribution is -0.133. The zero-order valence-electron chi connectivity index (χ0n) is 11.1. The second-order valence-corrected chi connectivity index (χ2v) is 5.61. The van der Waals surface area contributed by atoms with E-state index in [0.717, 1.165) is 5.56 Å². The molecule has 0 radical (unpaired) electrons. The van der Waals surface area contributed by atoms with Gasteiger partial charge in [0.1, 0.15) is 0 Å². The maximum atomic E-state index is 11.8. The Bertz CT molecular complexity index is 704. The molecular formula is C15H12BrClN2O2. The number of rotatable bonds is 2. The molecule has 2 rings (SSSR count). The minimum absolute atomic E-state index is 0.470. The zero-order chi connectivity index (χ0) is 15.4. The molecule has 2 N–H and O–H groups in total. The number of aryl methyl sites for hydroxylation is 1. The maximum Gasteiger partial charge on any atom is 0.314 e. The van der Waals surface area contributed by atoms with E-state index in [2.05, 4.69) is 26.6 Å². The van der Waals surface area contributed by atoms with Gasteiger partial charge in [-0.2, -0.15) is 0 Å². The summed E-state index contributed by atoms with van der Waals surface area (Å²) < 4.78 is 0.699. The van der Waals surface area contributed by atoms with Crippen molar-refractivity contribution in [2.24, 2.45) is 0 Å². The number of carbonyl (C=O) groups excluding carboxylic acids is 2. The van der Waals surface area contributed by atoms with Crippen LogP contribution in [0.4, 0.5) is 11.4 Å².